The maximum Gasteiger partial charge on any atom is 0.416 e. The van der Waals surface area contributed by atoms with E-state index in [1.807, 2.05) is 74.5 Å². The van der Waals surface area contributed by atoms with Crippen molar-refractivity contribution in [3.63, 3.8) is 0 Å². The molecule has 1 saturated carbocycles. The van der Waals surface area contributed by atoms with Gasteiger partial charge in [-0.05, 0) is 53.3 Å². The zero-order valence-electron chi connectivity index (χ0n) is 21.5. The highest BCUT2D eigenvalue weighted by molar-refractivity contribution is 6.34. The molecule has 0 radical (unpaired) electrons. The van der Waals surface area contributed by atoms with Crippen molar-refractivity contribution in [1.29, 1.82) is 0 Å². The zero-order chi connectivity index (χ0) is 27.7. The van der Waals surface area contributed by atoms with Crippen molar-refractivity contribution < 1.29 is 27.6 Å². The minimum absolute atomic E-state index is 0.124. The first kappa shape index (κ1) is 25.3. The molecule has 1 aliphatic heterocycles. The highest BCUT2D eigenvalue weighted by atomic mass is 19.4. The highest BCUT2D eigenvalue weighted by Crippen LogP contribution is 2.75. The minimum Gasteiger partial charge on any atom is -0.298 e. The van der Waals surface area contributed by atoms with E-state index < -0.39 is 46.2 Å². The number of imide groups is 1. The van der Waals surface area contributed by atoms with Crippen molar-refractivity contribution in [3.8, 4) is 0 Å². The maximum atomic E-state index is 14.7. The number of nitrogens with zero attached hydrogens (tertiary/aromatic N) is 1. The molecule has 3 unspecified atom stereocenters. The van der Waals surface area contributed by atoms with Crippen LogP contribution in [0, 0.1) is 22.7 Å². The Hall–Kier alpha value is -4.00. The summed E-state index contributed by atoms with van der Waals surface area (Å²) in [6.07, 6.45) is -4.07. The summed E-state index contributed by atoms with van der Waals surface area (Å²) < 4.78 is 40.6. The number of hydrogen-bond acceptors (Lipinski definition) is 3. The van der Waals surface area contributed by atoms with E-state index >= 15 is 0 Å². The fourth-order valence-electron chi connectivity index (χ4n) is 7.53. The maximum absolute atomic E-state index is 14.7. The molecule has 0 N–H and O–H groups in total. The van der Waals surface area contributed by atoms with Gasteiger partial charge in [-0.15, -0.1) is 0 Å². The van der Waals surface area contributed by atoms with Crippen LogP contribution in [0.5, 0.6) is 0 Å². The van der Waals surface area contributed by atoms with E-state index in [2.05, 4.69) is 0 Å². The summed E-state index contributed by atoms with van der Waals surface area (Å²) in [6.45, 7) is 3.70. The van der Waals surface area contributed by atoms with E-state index in [1.54, 1.807) is 0 Å². The Balaban J connectivity index is 1.63. The Morgan fingerprint density at radius 3 is 1.56 bits per heavy atom. The van der Waals surface area contributed by atoms with Crippen molar-refractivity contribution in [2.45, 2.75) is 32.9 Å². The molecule has 2 aliphatic carbocycles. The lowest BCUT2D eigenvalue weighted by molar-refractivity contribution is -0.137. The molecular weight excluding hydrogens is 503 g/mol. The molecule has 3 aromatic carbocycles. The molecule has 1 saturated heterocycles. The van der Waals surface area contributed by atoms with Crippen LogP contribution in [0.15, 0.2) is 84.9 Å². The van der Waals surface area contributed by atoms with Gasteiger partial charge in [0, 0.05) is 0 Å². The van der Waals surface area contributed by atoms with E-state index in [0.29, 0.717) is 0 Å². The molecule has 2 fully saturated rings. The fourth-order valence-corrected chi connectivity index (χ4v) is 7.53. The van der Waals surface area contributed by atoms with Gasteiger partial charge in [-0.1, -0.05) is 80.6 Å². The van der Waals surface area contributed by atoms with Gasteiger partial charge in [-0.2, -0.15) is 13.2 Å². The Morgan fingerprint density at radius 2 is 1.15 bits per heavy atom. The summed E-state index contributed by atoms with van der Waals surface area (Å²) in [4.78, 5) is 43.9. The smallest absolute Gasteiger partial charge is 0.298 e. The third kappa shape index (κ3) is 3.10. The average molecular weight is 530 g/mol. The number of carbonyl (C=O) groups excluding carboxylic acids is 3. The molecular formula is C32H26F3NO3. The Kier molecular flexibility index (Phi) is 5.51. The number of rotatable bonds is 5. The molecule has 4 nitrogen and oxygen atoms in total. The lowest BCUT2D eigenvalue weighted by Crippen LogP contribution is -2.41. The van der Waals surface area contributed by atoms with Gasteiger partial charge < -0.3 is 0 Å². The fraction of sp³-hybridized carbons (Fsp3) is 0.281. The lowest BCUT2D eigenvalue weighted by atomic mass is 9.60. The van der Waals surface area contributed by atoms with Crippen LogP contribution in [0.2, 0.25) is 0 Å². The topological polar surface area (TPSA) is 54.5 Å². The molecule has 4 atom stereocenters. The van der Waals surface area contributed by atoms with E-state index in [0.717, 1.165) is 39.3 Å². The van der Waals surface area contributed by atoms with Crippen LogP contribution in [0.1, 0.15) is 43.4 Å². The van der Waals surface area contributed by atoms with Crippen LogP contribution in [0.3, 0.4) is 0 Å². The van der Waals surface area contributed by atoms with Crippen molar-refractivity contribution in [2.24, 2.45) is 22.7 Å². The number of benzene rings is 3. The summed E-state index contributed by atoms with van der Waals surface area (Å²) in [5, 5.41) is 0. The lowest BCUT2D eigenvalue weighted by Gasteiger charge is -2.38. The Labute approximate surface area is 224 Å². The van der Waals surface area contributed by atoms with Crippen molar-refractivity contribution in [3.05, 3.63) is 102 Å². The van der Waals surface area contributed by atoms with E-state index in [-0.39, 0.29) is 24.3 Å². The first-order valence-corrected chi connectivity index (χ1v) is 13.1. The molecule has 2 amide bonds. The largest absolute Gasteiger partial charge is 0.416 e. The van der Waals surface area contributed by atoms with Crippen LogP contribution >= 0.6 is 0 Å². The molecule has 1 heterocycles. The Morgan fingerprint density at radius 1 is 0.692 bits per heavy atom. The normalized spacial score (nSPS) is 28.0. The predicted octanol–water partition coefficient (Wildman–Crippen LogP) is 6.81. The van der Waals surface area contributed by atoms with Crippen LogP contribution in [-0.4, -0.2) is 17.6 Å². The molecule has 0 spiro atoms. The minimum atomic E-state index is -4.63. The highest BCUT2D eigenvalue weighted by Gasteiger charge is 2.80. The molecule has 39 heavy (non-hydrogen) atoms. The molecule has 3 aliphatic rings. The van der Waals surface area contributed by atoms with Gasteiger partial charge in [-0.25, -0.2) is 4.90 Å². The second-order valence-corrected chi connectivity index (χ2v) is 10.5. The molecule has 3 aromatic rings. The van der Waals surface area contributed by atoms with Crippen LogP contribution in [0.25, 0.3) is 11.1 Å². The standard InChI is InChI=1S/C32H26F3NO3/c1-3-30-23(19-12-7-5-8-13-19)24(20-14-9-6-10-15-20)31(4-2,29(30)39)26-25(30)27(37)36(28(26)38)22-17-11-16-21(18-22)32(33,34)35/h5-18,25-26H,3-4H2,1-2H3/t25-,26?,30?,31?/m0/s1. The van der Waals surface area contributed by atoms with Gasteiger partial charge in [0.1, 0.15) is 0 Å². The molecule has 6 rings (SSSR count). The van der Waals surface area contributed by atoms with Crippen LogP contribution in [0.4, 0.5) is 18.9 Å². The monoisotopic (exact) mass is 529 g/mol. The van der Waals surface area contributed by atoms with E-state index in [9.17, 15) is 27.6 Å². The van der Waals surface area contributed by atoms with Gasteiger partial charge >= 0.3 is 6.18 Å². The third-order valence-electron chi connectivity index (χ3n) is 8.99. The third-order valence-corrected chi connectivity index (χ3v) is 8.99. The number of ketones is 1. The summed E-state index contributed by atoms with van der Waals surface area (Å²) in [6, 6.07) is 23.2. The van der Waals surface area contributed by atoms with Crippen LogP contribution < -0.4 is 4.90 Å². The summed E-state index contributed by atoms with van der Waals surface area (Å²) in [5.41, 5.74) is -0.529. The Bertz CT molecular complexity index is 1460. The molecule has 7 heteroatoms. The van der Waals surface area contributed by atoms with Gasteiger partial charge in [0.25, 0.3) is 0 Å². The molecule has 2 bridgehead atoms. The van der Waals surface area contributed by atoms with Crippen molar-refractivity contribution in [2.75, 3.05) is 4.90 Å². The number of allylic oxidation sites excluding steroid dienone is 2. The summed E-state index contributed by atoms with van der Waals surface area (Å²) in [7, 11) is 0. The SMILES string of the molecule is CCC12C(=O)C(CC)(C(c3ccccc3)=C1c1ccccc1)[C@@H]1C(=O)N(c3cccc(C(F)(F)F)c3)C(=O)C12. The predicted molar refractivity (Wildman–Crippen MR) is 141 cm³/mol. The number of fused-ring (bicyclic) bond motifs is 5. The number of carbonyl (C=O) groups is 3. The summed E-state index contributed by atoms with van der Waals surface area (Å²) in [5.74, 6) is -3.37. The van der Waals surface area contributed by atoms with E-state index in [4.69, 9.17) is 0 Å². The average Bonchev–Trinajstić information content (AvgIpc) is 3.44. The second-order valence-electron chi connectivity index (χ2n) is 10.5. The number of anilines is 1. The zero-order valence-corrected chi connectivity index (χ0v) is 21.5. The van der Waals surface area contributed by atoms with Crippen LogP contribution in [-0.2, 0) is 20.6 Å². The second kappa shape index (κ2) is 8.50. The number of Topliss-reactive ketones (excluding diaryl/α,β-unsaturated/α-hetero) is 1. The quantitative estimate of drug-likeness (QED) is 0.341. The van der Waals surface area contributed by atoms with Gasteiger partial charge in [-0.3, -0.25) is 14.4 Å². The first-order valence-electron chi connectivity index (χ1n) is 13.1. The van der Waals surface area contributed by atoms with Gasteiger partial charge in [0.05, 0.1) is 33.9 Å². The van der Waals surface area contributed by atoms with Crippen molar-refractivity contribution in [1.82, 2.24) is 0 Å². The number of amides is 2. The van der Waals surface area contributed by atoms with Gasteiger partial charge in [0.2, 0.25) is 11.8 Å². The summed E-state index contributed by atoms with van der Waals surface area (Å²) >= 11 is 0. The molecule has 0 aromatic heterocycles. The number of halogens is 3. The van der Waals surface area contributed by atoms with E-state index in [1.165, 1.54) is 12.1 Å². The van der Waals surface area contributed by atoms with Crippen molar-refractivity contribution >= 4 is 34.4 Å². The molecule has 198 valence electrons. The number of hydrogen-bond donors (Lipinski definition) is 0. The number of alkyl halides is 3. The van der Waals surface area contributed by atoms with Gasteiger partial charge in [0.15, 0.2) is 5.78 Å². The first-order chi connectivity index (χ1) is 18.6.